The van der Waals surface area contributed by atoms with Crippen LogP contribution in [0.25, 0.3) is 0 Å². The van der Waals surface area contributed by atoms with Crippen molar-refractivity contribution in [3.63, 3.8) is 0 Å². The lowest BCUT2D eigenvalue weighted by molar-refractivity contribution is 0.534. The van der Waals surface area contributed by atoms with Crippen molar-refractivity contribution in [2.75, 3.05) is 0 Å². The third-order valence-electron chi connectivity index (χ3n) is 2.63. The van der Waals surface area contributed by atoms with Crippen LogP contribution in [0.15, 0.2) is 33.0 Å². The second-order valence-electron chi connectivity index (χ2n) is 4.40. The molecule has 2 rings (SSSR count). The minimum Gasteiger partial charge on any atom is -0.384 e. The fraction of sp³-hybridized carbons (Fsp3) is 0.250. The monoisotopic (exact) mass is 311 g/mol. The Balaban J connectivity index is 2.49. The number of H-pyrrole nitrogens is 1. The Morgan fingerprint density at radius 1 is 1.55 bits per heavy atom. The van der Waals surface area contributed by atoms with Crippen molar-refractivity contribution in [1.29, 1.82) is 5.41 Å². The number of aromatic amines is 1. The van der Waals surface area contributed by atoms with Crippen LogP contribution >= 0.6 is 23.4 Å². The lowest BCUT2D eigenvalue weighted by Gasteiger charge is -2.11. The second kappa shape index (κ2) is 5.72. The Morgan fingerprint density at radius 3 is 2.85 bits per heavy atom. The molecule has 0 aliphatic rings. The first-order chi connectivity index (χ1) is 9.41. The highest BCUT2D eigenvalue weighted by Gasteiger charge is 2.16. The Bertz CT molecular complexity index is 706. The second-order valence-corrected chi connectivity index (χ2v) is 5.82. The van der Waals surface area contributed by atoms with Crippen LogP contribution in [0.4, 0.5) is 0 Å². The van der Waals surface area contributed by atoms with E-state index in [-0.39, 0.29) is 17.6 Å². The van der Waals surface area contributed by atoms with E-state index in [2.05, 4.69) is 10.2 Å². The van der Waals surface area contributed by atoms with E-state index in [1.165, 1.54) is 16.3 Å². The third-order valence-corrected chi connectivity index (χ3v) is 3.98. The molecule has 1 heterocycles. The maximum atomic E-state index is 11.7. The molecule has 0 saturated carbocycles. The van der Waals surface area contributed by atoms with E-state index in [1.807, 2.05) is 13.8 Å². The Labute approximate surface area is 124 Å². The molecular weight excluding hydrogens is 298 g/mol. The number of hydrogen-bond donors (Lipinski definition) is 3. The molecule has 0 saturated heterocycles. The molecule has 1 aromatic carbocycles. The summed E-state index contributed by atoms with van der Waals surface area (Å²) in [5.74, 6) is -0.118. The molecule has 4 N–H and O–H groups in total. The maximum Gasteiger partial charge on any atom is 0.344 e. The summed E-state index contributed by atoms with van der Waals surface area (Å²) in [6.45, 7) is 3.79. The summed E-state index contributed by atoms with van der Waals surface area (Å²) in [6, 6.07) is 5.20. The van der Waals surface area contributed by atoms with Gasteiger partial charge in [-0.1, -0.05) is 17.7 Å². The number of amidine groups is 1. The molecule has 0 atom stereocenters. The number of nitrogens with one attached hydrogen (secondary N) is 2. The minimum atomic E-state index is -0.270. The zero-order valence-electron chi connectivity index (χ0n) is 11.0. The number of nitrogens with two attached hydrogens (primary N) is 1. The van der Waals surface area contributed by atoms with Crippen molar-refractivity contribution in [3.8, 4) is 0 Å². The number of nitrogens with zero attached hydrogens (tertiary/aromatic N) is 2. The molecule has 0 aliphatic heterocycles. The molecule has 0 radical (unpaired) electrons. The summed E-state index contributed by atoms with van der Waals surface area (Å²) >= 11 is 7.32. The van der Waals surface area contributed by atoms with Crippen LogP contribution in [0.5, 0.6) is 0 Å². The van der Waals surface area contributed by atoms with Crippen LogP contribution in [0.3, 0.4) is 0 Å². The summed E-state index contributed by atoms with van der Waals surface area (Å²) in [5.41, 5.74) is 5.74. The Morgan fingerprint density at radius 2 is 2.25 bits per heavy atom. The van der Waals surface area contributed by atoms with Crippen molar-refractivity contribution in [2.24, 2.45) is 5.73 Å². The molecule has 2 aromatic rings. The average Bonchev–Trinajstić information content (AvgIpc) is 2.70. The van der Waals surface area contributed by atoms with Gasteiger partial charge in [-0.2, -0.15) is 0 Å². The molecule has 106 valence electrons. The van der Waals surface area contributed by atoms with E-state index >= 15 is 0 Å². The van der Waals surface area contributed by atoms with Gasteiger partial charge in [0.15, 0.2) is 5.16 Å². The van der Waals surface area contributed by atoms with E-state index < -0.39 is 0 Å². The van der Waals surface area contributed by atoms with Crippen LogP contribution in [0.1, 0.15) is 25.5 Å². The number of hydrogen-bond acceptors (Lipinski definition) is 4. The fourth-order valence-electron chi connectivity index (χ4n) is 1.77. The number of rotatable bonds is 4. The van der Waals surface area contributed by atoms with Gasteiger partial charge in [-0.05, 0) is 37.7 Å². The molecule has 1 aromatic heterocycles. The summed E-state index contributed by atoms with van der Waals surface area (Å²) < 4.78 is 1.54. The smallest absolute Gasteiger partial charge is 0.344 e. The highest BCUT2D eigenvalue weighted by molar-refractivity contribution is 7.99. The molecular formula is C12H14ClN5OS. The minimum absolute atomic E-state index is 0.0243. The highest BCUT2D eigenvalue weighted by atomic mass is 35.5. The van der Waals surface area contributed by atoms with Crippen molar-refractivity contribution < 1.29 is 0 Å². The van der Waals surface area contributed by atoms with Gasteiger partial charge >= 0.3 is 5.69 Å². The number of halogens is 1. The molecule has 6 nitrogen and oxygen atoms in total. The van der Waals surface area contributed by atoms with Crippen LogP contribution in [-0.2, 0) is 0 Å². The van der Waals surface area contributed by atoms with Crippen molar-refractivity contribution in [1.82, 2.24) is 14.8 Å². The summed E-state index contributed by atoms with van der Waals surface area (Å²) in [5, 5.41) is 14.9. The lowest BCUT2D eigenvalue weighted by Crippen LogP contribution is -2.19. The van der Waals surface area contributed by atoms with Crippen molar-refractivity contribution in [2.45, 2.75) is 29.9 Å². The standard InChI is InChI=1S/C12H14ClN5OS/c1-6(2)18-11(19)16-17-12(18)20-8-5-3-4-7(13)9(8)10(14)15/h3-6H,1-2H3,(H3,14,15)(H,16,19). The van der Waals surface area contributed by atoms with E-state index in [4.69, 9.17) is 22.7 Å². The Hall–Kier alpha value is -1.73. The molecule has 0 fully saturated rings. The van der Waals surface area contributed by atoms with Gasteiger partial charge in [0.25, 0.3) is 0 Å². The predicted octanol–water partition coefficient (Wildman–Crippen LogP) is 2.24. The topological polar surface area (TPSA) is 101 Å². The summed E-state index contributed by atoms with van der Waals surface area (Å²) in [6.07, 6.45) is 0. The van der Waals surface area contributed by atoms with Gasteiger partial charge < -0.3 is 5.73 Å². The molecule has 0 aliphatic carbocycles. The first kappa shape index (κ1) is 14.7. The quantitative estimate of drug-likeness (QED) is 0.595. The molecule has 20 heavy (non-hydrogen) atoms. The number of nitrogen functional groups attached to an aromatic ring is 1. The lowest BCUT2D eigenvalue weighted by atomic mass is 10.2. The average molecular weight is 312 g/mol. The third kappa shape index (κ3) is 2.73. The van der Waals surface area contributed by atoms with Crippen LogP contribution in [-0.4, -0.2) is 20.6 Å². The van der Waals surface area contributed by atoms with Crippen LogP contribution < -0.4 is 11.4 Å². The van der Waals surface area contributed by atoms with Gasteiger partial charge in [0, 0.05) is 16.5 Å². The van der Waals surface area contributed by atoms with Crippen molar-refractivity contribution >= 4 is 29.2 Å². The number of aromatic nitrogens is 3. The van der Waals surface area contributed by atoms with Gasteiger partial charge in [-0.3, -0.25) is 9.98 Å². The van der Waals surface area contributed by atoms with Crippen molar-refractivity contribution in [3.05, 3.63) is 39.3 Å². The van der Waals surface area contributed by atoms with Crippen LogP contribution in [0.2, 0.25) is 5.02 Å². The molecule has 0 spiro atoms. The SMILES string of the molecule is CC(C)n1c(Sc2cccc(Cl)c2C(=N)N)n[nH]c1=O. The van der Waals surface area contributed by atoms with Crippen LogP contribution in [0, 0.1) is 5.41 Å². The molecule has 0 unspecified atom stereocenters. The largest absolute Gasteiger partial charge is 0.384 e. The first-order valence-corrected chi connectivity index (χ1v) is 7.09. The zero-order valence-corrected chi connectivity index (χ0v) is 12.5. The summed E-state index contributed by atoms with van der Waals surface area (Å²) in [7, 11) is 0. The fourth-order valence-corrected chi connectivity index (χ4v) is 3.25. The van der Waals surface area contributed by atoms with Gasteiger partial charge in [-0.25, -0.2) is 9.89 Å². The van der Waals surface area contributed by atoms with E-state index in [1.54, 1.807) is 18.2 Å². The van der Waals surface area contributed by atoms with E-state index in [0.29, 0.717) is 20.6 Å². The molecule has 0 amide bonds. The number of benzene rings is 1. The molecule has 0 bridgehead atoms. The van der Waals surface area contributed by atoms with Gasteiger partial charge in [0.2, 0.25) is 0 Å². The van der Waals surface area contributed by atoms with Gasteiger partial charge in [0.05, 0.1) is 5.02 Å². The first-order valence-electron chi connectivity index (χ1n) is 5.89. The normalized spacial score (nSPS) is 11.0. The maximum absolute atomic E-state index is 11.7. The summed E-state index contributed by atoms with van der Waals surface area (Å²) in [4.78, 5) is 12.4. The van der Waals surface area contributed by atoms with E-state index in [0.717, 1.165) is 0 Å². The molecule has 8 heteroatoms. The highest BCUT2D eigenvalue weighted by Crippen LogP contribution is 2.32. The van der Waals surface area contributed by atoms with E-state index in [9.17, 15) is 4.79 Å². The van der Waals surface area contributed by atoms with Gasteiger partial charge in [0.1, 0.15) is 5.84 Å². The van der Waals surface area contributed by atoms with Gasteiger partial charge in [-0.15, -0.1) is 5.10 Å². The Kier molecular flexibility index (Phi) is 4.20. The predicted molar refractivity (Wildman–Crippen MR) is 79.8 cm³/mol. The zero-order chi connectivity index (χ0) is 14.9.